The predicted molar refractivity (Wildman–Crippen MR) is 106 cm³/mol. The third-order valence-corrected chi connectivity index (χ3v) is 7.65. The maximum atomic E-state index is 12.3. The molecular formula is C18H19N3OS3. The van der Waals surface area contributed by atoms with E-state index in [1.54, 1.807) is 29.0 Å². The van der Waals surface area contributed by atoms with Crippen LogP contribution in [0.3, 0.4) is 0 Å². The molecule has 0 bridgehead atoms. The SMILES string of the molecule is C[C@@H](NC(=O)CSc1ncnc2sc3c(c12)CCCC3)c1cccs1. The molecule has 1 N–H and O–H groups in total. The molecule has 0 saturated heterocycles. The van der Waals surface area contributed by atoms with Crippen molar-refractivity contribution in [2.24, 2.45) is 0 Å². The Morgan fingerprint density at radius 2 is 2.24 bits per heavy atom. The molecule has 1 atom stereocenters. The van der Waals surface area contributed by atoms with Crippen molar-refractivity contribution in [3.63, 3.8) is 0 Å². The van der Waals surface area contributed by atoms with Crippen LogP contribution in [-0.2, 0) is 17.6 Å². The van der Waals surface area contributed by atoms with Crippen molar-refractivity contribution in [1.29, 1.82) is 0 Å². The average molecular weight is 390 g/mol. The molecule has 3 aromatic rings. The van der Waals surface area contributed by atoms with Crippen LogP contribution in [-0.4, -0.2) is 21.6 Å². The van der Waals surface area contributed by atoms with Gasteiger partial charge in [-0.2, -0.15) is 0 Å². The molecule has 130 valence electrons. The number of thioether (sulfide) groups is 1. The monoisotopic (exact) mass is 389 g/mol. The second kappa shape index (κ2) is 7.43. The smallest absolute Gasteiger partial charge is 0.230 e. The zero-order valence-electron chi connectivity index (χ0n) is 13.9. The maximum absolute atomic E-state index is 12.3. The minimum atomic E-state index is 0.0433. The minimum Gasteiger partial charge on any atom is -0.348 e. The Balaban J connectivity index is 1.47. The molecule has 0 fully saturated rings. The van der Waals surface area contributed by atoms with Crippen molar-refractivity contribution in [2.75, 3.05) is 5.75 Å². The number of thiophene rings is 2. The zero-order chi connectivity index (χ0) is 17.2. The van der Waals surface area contributed by atoms with Gasteiger partial charge in [0.25, 0.3) is 0 Å². The lowest BCUT2D eigenvalue weighted by Gasteiger charge is -2.13. The molecule has 25 heavy (non-hydrogen) atoms. The highest BCUT2D eigenvalue weighted by Gasteiger charge is 2.20. The van der Waals surface area contributed by atoms with Crippen LogP contribution in [0, 0.1) is 0 Å². The van der Waals surface area contributed by atoms with Crippen LogP contribution in [0.4, 0.5) is 0 Å². The number of aryl methyl sites for hydroxylation is 2. The third kappa shape index (κ3) is 3.59. The van der Waals surface area contributed by atoms with E-state index in [2.05, 4.69) is 15.3 Å². The van der Waals surface area contributed by atoms with Gasteiger partial charge in [-0.25, -0.2) is 9.97 Å². The van der Waals surface area contributed by atoms with Crippen LogP contribution < -0.4 is 5.32 Å². The molecular weight excluding hydrogens is 370 g/mol. The highest BCUT2D eigenvalue weighted by atomic mass is 32.2. The summed E-state index contributed by atoms with van der Waals surface area (Å²) < 4.78 is 0. The molecule has 1 aliphatic carbocycles. The summed E-state index contributed by atoms with van der Waals surface area (Å²) in [6.45, 7) is 2.02. The highest BCUT2D eigenvalue weighted by Crippen LogP contribution is 2.39. The number of nitrogens with zero attached hydrogens (tertiary/aromatic N) is 2. The van der Waals surface area contributed by atoms with Gasteiger partial charge in [-0.1, -0.05) is 17.8 Å². The number of aromatic nitrogens is 2. The lowest BCUT2D eigenvalue weighted by molar-refractivity contribution is -0.119. The number of amides is 1. The topological polar surface area (TPSA) is 54.9 Å². The molecule has 0 unspecified atom stereocenters. The fraction of sp³-hybridized carbons (Fsp3) is 0.389. The molecule has 4 nitrogen and oxygen atoms in total. The van der Waals surface area contributed by atoms with E-state index in [4.69, 9.17) is 0 Å². The molecule has 3 heterocycles. The van der Waals surface area contributed by atoms with E-state index >= 15 is 0 Å². The second-order valence-electron chi connectivity index (χ2n) is 6.16. The first-order chi connectivity index (χ1) is 12.2. The predicted octanol–water partition coefficient (Wildman–Crippen LogP) is 4.60. The third-order valence-electron chi connectivity index (χ3n) is 4.40. The number of carbonyl (C=O) groups is 1. The molecule has 4 rings (SSSR count). The fourth-order valence-corrected chi connectivity index (χ4v) is 6.06. The molecule has 1 amide bonds. The van der Waals surface area contributed by atoms with E-state index in [0.717, 1.165) is 22.7 Å². The Morgan fingerprint density at radius 3 is 3.08 bits per heavy atom. The standard InChI is InChI=1S/C18H19N3OS3/c1-11(13-7-4-8-23-13)21-15(22)9-24-17-16-12-5-2-3-6-14(12)25-18(16)20-10-19-17/h4,7-8,10-11H,2-3,5-6,9H2,1H3,(H,21,22)/t11-/m1/s1. The van der Waals surface area contributed by atoms with Gasteiger partial charge >= 0.3 is 0 Å². The largest absolute Gasteiger partial charge is 0.348 e. The van der Waals surface area contributed by atoms with Crippen LogP contribution in [0.5, 0.6) is 0 Å². The van der Waals surface area contributed by atoms with Crippen molar-refractivity contribution in [1.82, 2.24) is 15.3 Å². The molecule has 1 aliphatic rings. The van der Waals surface area contributed by atoms with E-state index in [1.165, 1.54) is 45.3 Å². The molecule has 0 aliphatic heterocycles. The van der Waals surface area contributed by atoms with E-state index in [1.807, 2.05) is 24.4 Å². The fourth-order valence-electron chi connectivity index (χ4n) is 3.20. The summed E-state index contributed by atoms with van der Waals surface area (Å²) in [6.07, 6.45) is 6.38. The molecule has 0 saturated carbocycles. The summed E-state index contributed by atoms with van der Waals surface area (Å²) in [5.74, 6) is 0.425. The molecule has 0 radical (unpaired) electrons. The van der Waals surface area contributed by atoms with Gasteiger partial charge in [0.2, 0.25) is 5.91 Å². The van der Waals surface area contributed by atoms with Crippen LogP contribution >= 0.6 is 34.4 Å². The van der Waals surface area contributed by atoms with Crippen molar-refractivity contribution >= 4 is 50.6 Å². The quantitative estimate of drug-likeness (QED) is 0.512. The van der Waals surface area contributed by atoms with Gasteiger partial charge in [-0.05, 0) is 49.6 Å². The van der Waals surface area contributed by atoms with Gasteiger partial charge in [0, 0.05) is 15.1 Å². The van der Waals surface area contributed by atoms with Crippen LogP contribution in [0.25, 0.3) is 10.2 Å². The van der Waals surface area contributed by atoms with E-state index in [-0.39, 0.29) is 11.9 Å². The molecule has 3 aromatic heterocycles. The minimum absolute atomic E-state index is 0.0433. The van der Waals surface area contributed by atoms with Crippen LogP contribution in [0.15, 0.2) is 28.9 Å². The van der Waals surface area contributed by atoms with Crippen LogP contribution in [0.1, 0.15) is 41.1 Å². The van der Waals surface area contributed by atoms with Crippen molar-refractivity contribution in [3.8, 4) is 0 Å². The molecule has 7 heteroatoms. The Kier molecular flexibility index (Phi) is 5.05. The van der Waals surface area contributed by atoms with E-state index in [0.29, 0.717) is 5.75 Å². The first kappa shape index (κ1) is 17.0. The number of hydrogen-bond acceptors (Lipinski definition) is 6. The summed E-state index contributed by atoms with van der Waals surface area (Å²) in [6, 6.07) is 4.11. The summed E-state index contributed by atoms with van der Waals surface area (Å²) in [4.78, 5) is 24.9. The number of nitrogens with one attached hydrogen (secondary N) is 1. The van der Waals surface area contributed by atoms with Gasteiger partial charge < -0.3 is 5.32 Å². The number of hydrogen-bond donors (Lipinski definition) is 1. The van der Waals surface area contributed by atoms with Crippen molar-refractivity contribution in [2.45, 2.75) is 43.7 Å². The Bertz CT molecular complexity index is 888. The second-order valence-corrected chi connectivity index (χ2v) is 9.19. The van der Waals surface area contributed by atoms with Gasteiger partial charge in [0.1, 0.15) is 16.2 Å². The first-order valence-electron chi connectivity index (χ1n) is 8.43. The molecule has 0 spiro atoms. The first-order valence-corrected chi connectivity index (χ1v) is 11.1. The number of fused-ring (bicyclic) bond motifs is 3. The Hall–Kier alpha value is -1.44. The van der Waals surface area contributed by atoms with Crippen molar-refractivity contribution < 1.29 is 4.79 Å². The maximum Gasteiger partial charge on any atom is 0.230 e. The summed E-state index contributed by atoms with van der Waals surface area (Å²) in [5, 5.41) is 7.23. The zero-order valence-corrected chi connectivity index (χ0v) is 16.4. The average Bonchev–Trinajstić information content (AvgIpc) is 3.27. The summed E-state index contributed by atoms with van der Waals surface area (Å²) in [7, 11) is 0. The van der Waals surface area contributed by atoms with Gasteiger partial charge in [-0.3, -0.25) is 4.79 Å². The van der Waals surface area contributed by atoms with Crippen LogP contribution in [0.2, 0.25) is 0 Å². The normalized spacial score (nSPS) is 15.1. The Labute approximate surface area is 159 Å². The number of carbonyl (C=O) groups excluding carboxylic acids is 1. The van der Waals surface area contributed by atoms with E-state index < -0.39 is 0 Å². The summed E-state index contributed by atoms with van der Waals surface area (Å²) in [5.41, 5.74) is 1.42. The van der Waals surface area contributed by atoms with Crippen molar-refractivity contribution in [3.05, 3.63) is 39.2 Å². The van der Waals surface area contributed by atoms with Gasteiger partial charge in [-0.15, -0.1) is 22.7 Å². The van der Waals surface area contributed by atoms with Gasteiger partial charge in [0.15, 0.2) is 0 Å². The lowest BCUT2D eigenvalue weighted by Crippen LogP contribution is -2.27. The highest BCUT2D eigenvalue weighted by molar-refractivity contribution is 8.00. The summed E-state index contributed by atoms with van der Waals surface area (Å²) >= 11 is 4.98. The number of rotatable bonds is 5. The van der Waals surface area contributed by atoms with Gasteiger partial charge in [0.05, 0.1) is 11.8 Å². The Morgan fingerprint density at radius 1 is 1.36 bits per heavy atom. The lowest BCUT2D eigenvalue weighted by atomic mass is 9.97. The molecule has 0 aromatic carbocycles. The van der Waals surface area contributed by atoms with E-state index in [9.17, 15) is 4.79 Å².